The van der Waals surface area contributed by atoms with Crippen molar-refractivity contribution in [3.05, 3.63) is 67.8 Å². The first-order chi connectivity index (χ1) is 8.47. The lowest BCUT2D eigenvalue weighted by Crippen LogP contribution is -2.22. The van der Waals surface area contributed by atoms with E-state index < -0.39 is 0 Å². The second-order valence-corrected chi connectivity index (χ2v) is 5.26. The van der Waals surface area contributed by atoms with Crippen molar-refractivity contribution in [1.29, 1.82) is 0 Å². The van der Waals surface area contributed by atoms with Gasteiger partial charge in [-0.25, -0.2) is 4.39 Å². The number of halogens is 2. The average molecular weight is 310 g/mol. The van der Waals surface area contributed by atoms with E-state index in [-0.39, 0.29) is 11.4 Å². The summed E-state index contributed by atoms with van der Waals surface area (Å²) in [6.07, 6.45) is 1.75. The Hall–Kier alpha value is -1.42. The highest BCUT2D eigenvalue weighted by atomic mass is 79.9. The highest BCUT2D eigenvalue weighted by molar-refractivity contribution is 9.10. The first-order valence-electron chi connectivity index (χ1n) is 5.59. The first kappa shape index (κ1) is 13.0. The van der Waals surface area contributed by atoms with Crippen LogP contribution >= 0.6 is 15.9 Å². The first-order valence-corrected chi connectivity index (χ1v) is 6.38. The number of hydrogen-bond donors (Lipinski definition) is 0. The summed E-state index contributed by atoms with van der Waals surface area (Å²) in [6.45, 7) is 4.07. The lowest BCUT2D eigenvalue weighted by molar-refractivity contribution is 0.624. The molecule has 0 aliphatic carbocycles. The predicted octanol–water partition coefficient (Wildman–Crippen LogP) is 3.42. The van der Waals surface area contributed by atoms with Gasteiger partial charge in [0.2, 0.25) is 0 Å². The summed E-state index contributed by atoms with van der Waals surface area (Å²) < 4.78 is 15.5. The van der Waals surface area contributed by atoms with Crippen LogP contribution in [0, 0.1) is 19.7 Å². The molecule has 94 valence electrons. The van der Waals surface area contributed by atoms with E-state index >= 15 is 0 Å². The van der Waals surface area contributed by atoms with Crippen molar-refractivity contribution in [3.63, 3.8) is 0 Å². The van der Waals surface area contributed by atoms with Gasteiger partial charge in [0.05, 0.1) is 6.54 Å². The molecule has 0 saturated carbocycles. The molecule has 2 rings (SSSR count). The second kappa shape index (κ2) is 5.06. The van der Waals surface area contributed by atoms with Gasteiger partial charge < -0.3 is 4.57 Å². The van der Waals surface area contributed by atoms with E-state index in [9.17, 15) is 9.18 Å². The van der Waals surface area contributed by atoms with Crippen molar-refractivity contribution in [2.45, 2.75) is 20.4 Å². The standard InChI is InChI=1S/C14H13BrFNO/c1-9-6-13(16)4-3-11(9)7-17-8-12(15)5-10(2)14(17)18/h3-6,8H,7H2,1-2H3. The number of pyridine rings is 1. The van der Waals surface area contributed by atoms with Gasteiger partial charge in [0.15, 0.2) is 0 Å². The van der Waals surface area contributed by atoms with Crippen LogP contribution in [-0.2, 0) is 6.54 Å². The van der Waals surface area contributed by atoms with Crippen LogP contribution in [0.15, 0.2) is 39.7 Å². The quantitative estimate of drug-likeness (QED) is 0.833. The Morgan fingerprint density at radius 2 is 1.94 bits per heavy atom. The summed E-state index contributed by atoms with van der Waals surface area (Å²) in [5.74, 6) is -0.256. The molecule has 1 aromatic heterocycles. The fourth-order valence-corrected chi connectivity index (χ4v) is 2.47. The summed E-state index contributed by atoms with van der Waals surface area (Å²) in [6, 6.07) is 6.40. The molecule has 0 unspecified atom stereocenters. The number of hydrogen-bond acceptors (Lipinski definition) is 1. The van der Waals surface area contributed by atoms with Gasteiger partial charge in [-0.3, -0.25) is 4.79 Å². The van der Waals surface area contributed by atoms with E-state index in [0.717, 1.165) is 15.6 Å². The van der Waals surface area contributed by atoms with Crippen LogP contribution in [0.25, 0.3) is 0 Å². The lowest BCUT2D eigenvalue weighted by Gasteiger charge is -2.10. The Kier molecular flexibility index (Phi) is 3.66. The monoisotopic (exact) mass is 309 g/mol. The van der Waals surface area contributed by atoms with E-state index in [0.29, 0.717) is 12.1 Å². The minimum absolute atomic E-state index is 0.0260. The smallest absolute Gasteiger partial charge is 0.253 e. The summed E-state index contributed by atoms with van der Waals surface area (Å²) in [5, 5.41) is 0. The normalized spacial score (nSPS) is 10.7. The molecule has 0 fully saturated rings. The molecule has 0 N–H and O–H groups in total. The fraction of sp³-hybridized carbons (Fsp3) is 0.214. The Balaban J connectivity index is 2.43. The summed E-state index contributed by atoms with van der Waals surface area (Å²) in [4.78, 5) is 12.0. The molecule has 0 aliphatic rings. The second-order valence-electron chi connectivity index (χ2n) is 4.35. The zero-order chi connectivity index (χ0) is 13.3. The SMILES string of the molecule is Cc1cc(F)ccc1Cn1cc(Br)cc(C)c1=O. The molecule has 2 nitrogen and oxygen atoms in total. The molecule has 2 aromatic rings. The lowest BCUT2D eigenvalue weighted by atomic mass is 10.1. The Morgan fingerprint density at radius 1 is 1.22 bits per heavy atom. The number of benzene rings is 1. The highest BCUT2D eigenvalue weighted by Gasteiger charge is 2.05. The number of aryl methyl sites for hydroxylation is 2. The van der Waals surface area contributed by atoms with Gasteiger partial charge in [0.25, 0.3) is 5.56 Å². The molecule has 0 saturated heterocycles. The summed E-state index contributed by atoms with van der Waals surface area (Å²) in [7, 11) is 0. The zero-order valence-electron chi connectivity index (χ0n) is 10.2. The minimum Gasteiger partial charge on any atom is -0.310 e. The topological polar surface area (TPSA) is 22.0 Å². The van der Waals surface area contributed by atoms with E-state index in [1.807, 2.05) is 6.92 Å². The van der Waals surface area contributed by atoms with Gasteiger partial charge >= 0.3 is 0 Å². The van der Waals surface area contributed by atoms with Crippen molar-refractivity contribution < 1.29 is 4.39 Å². The molecular formula is C14H13BrFNO. The van der Waals surface area contributed by atoms with Crippen molar-refractivity contribution in [3.8, 4) is 0 Å². The van der Waals surface area contributed by atoms with Crippen LogP contribution in [0.5, 0.6) is 0 Å². The summed E-state index contributed by atoms with van der Waals surface area (Å²) in [5.41, 5.74) is 2.45. The third-order valence-electron chi connectivity index (χ3n) is 2.88. The molecule has 0 radical (unpaired) electrons. The molecule has 18 heavy (non-hydrogen) atoms. The molecule has 0 aliphatic heterocycles. The molecule has 0 atom stereocenters. The maximum atomic E-state index is 13.0. The molecule has 0 amide bonds. The van der Waals surface area contributed by atoms with Gasteiger partial charge in [-0.1, -0.05) is 6.07 Å². The molecule has 4 heteroatoms. The maximum absolute atomic E-state index is 13.0. The van der Waals surface area contributed by atoms with E-state index in [2.05, 4.69) is 15.9 Å². The fourth-order valence-electron chi connectivity index (χ4n) is 1.88. The molecule has 1 aromatic carbocycles. The Bertz CT molecular complexity index is 649. The third-order valence-corrected chi connectivity index (χ3v) is 3.31. The van der Waals surface area contributed by atoms with Crippen LogP contribution in [-0.4, -0.2) is 4.57 Å². The van der Waals surface area contributed by atoms with Crippen molar-refractivity contribution >= 4 is 15.9 Å². The van der Waals surface area contributed by atoms with Crippen molar-refractivity contribution in [2.24, 2.45) is 0 Å². The molecule has 1 heterocycles. The van der Waals surface area contributed by atoms with E-state index in [1.54, 1.807) is 29.8 Å². The summed E-state index contributed by atoms with van der Waals surface area (Å²) >= 11 is 3.37. The highest BCUT2D eigenvalue weighted by Crippen LogP contribution is 2.13. The molecular weight excluding hydrogens is 297 g/mol. The van der Waals surface area contributed by atoms with E-state index in [4.69, 9.17) is 0 Å². The molecule has 0 spiro atoms. The van der Waals surface area contributed by atoms with Crippen LogP contribution in [0.4, 0.5) is 4.39 Å². The van der Waals surface area contributed by atoms with Gasteiger partial charge in [0.1, 0.15) is 5.82 Å². The maximum Gasteiger partial charge on any atom is 0.253 e. The van der Waals surface area contributed by atoms with Crippen molar-refractivity contribution in [1.82, 2.24) is 4.57 Å². The van der Waals surface area contributed by atoms with Gasteiger partial charge in [-0.05, 0) is 59.1 Å². The predicted molar refractivity (Wildman–Crippen MR) is 73.4 cm³/mol. The van der Waals surface area contributed by atoms with Gasteiger partial charge in [-0.2, -0.15) is 0 Å². The Morgan fingerprint density at radius 3 is 2.61 bits per heavy atom. The van der Waals surface area contributed by atoms with Gasteiger partial charge in [0, 0.05) is 16.2 Å². The van der Waals surface area contributed by atoms with Crippen LogP contribution in [0.3, 0.4) is 0 Å². The van der Waals surface area contributed by atoms with Crippen LogP contribution < -0.4 is 5.56 Å². The van der Waals surface area contributed by atoms with Crippen LogP contribution in [0.2, 0.25) is 0 Å². The van der Waals surface area contributed by atoms with E-state index in [1.165, 1.54) is 12.1 Å². The average Bonchev–Trinajstić information content (AvgIpc) is 2.29. The largest absolute Gasteiger partial charge is 0.310 e. The molecule has 0 bridgehead atoms. The number of aromatic nitrogens is 1. The Labute approximate surface area is 113 Å². The number of nitrogens with zero attached hydrogens (tertiary/aromatic N) is 1. The third kappa shape index (κ3) is 2.70. The zero-order valence-corrected chi connectivity index (χ0v) is 11.8. The van der Waals surface area contributed by atoms with Crippen molar-refractivity contribution in [2.75, 3.05) is 0 Å². The number of rotatable bonds is 2. The minimum atomic E-state index is -0.256. The van der Waals surface area contributed by atoms with Crippen LogP contribution in [0.1, 0.15) is 16.7 Å². The van der Waals surface area contributed by atoms with Gasteiger partial charge in [-0.15, -0.1) is 0 Å².